The highest BCUT2D eigenvalue weighted by Crippen LogP contribution is 2.27. The van der Waals surface area contributed by atoms with Crippen molar-refractivity contribution in [2.75, 3.05) is 11.4 Å². The number of carbonyl (C=O) groups excluding carboxylic acids is 3. The molecular formula is C25H22ClN3O5S. The predicted octanol–water partition coefficient (Wildman–Crippen LogP) is 3.00. The van der Waals surface area contributed by atoms with Crippen molar-refractivity contribution in [3.63, 3.8) is 0 Å². The second-order valence-corrected chi connectivity index (χ2v) is 10.1. The number of imide groups is 1. The minimum absolute atomic E-state index is 0.0228. The van der Waals surface area contributed by atoms with E-state index >= 15 is 0 Å². The lowest BCUT2D eigenvalue weighted by atomic mass is 10.1. The molecule has 10 heteroatoms. The molecule has 0 unspecified atom stereocenters. The summed E-state index contributed by atoms with van der Waals surface area (Å²) in [4.78, 5) is 42.0. The van der Waals surface area contributed by atoms with Crippen molar-refractivity contribution in [2.24, 2.45) is 5.14 Å². The molecule has 0 bridgehead atoms. The molecule has 3 amide bonds. The SMILES string of the molecule is NS(=O)(=O)c1ccc(CCN(C(=O)c2ccc(Cl)cc2)[C@H]2CC(=O)N(c3ccccc3)C2=O)cc1. The molecule has 0 aliphatic carbocycles. The van der Waals surface area contributed by atoms with Crippen LogP contribution in [0, 0.1) is 0 Å². The van der Waals surface area contributed by atoms with Crippen LogP contribution in [0.2, 0.25) is 5.02 Å². The topological polar surface area (TPSA) is 118 Å². The lowest BCUT2D eigenvalue weighted by molar-refractivity contribution is -0.122. The van der Waals surface area contributed by atoms with Crippen molar-refractivity contribution < 1.29 is 22.8 Å². The summed E-state index contributed by atoms with van der Waals surface area (Å²) in [6.45, 7) is 0.127. The maximum atomic E-state index is 13.5. The van der Waals surface area contributed by atoms with Gasteiger partial charge in [0.2, 0.25) is 15.9 Å². The number of hydrogen-bond acceptors (Lipinski definition) is 5. The van der Waals surface area contributed by atoms with Gasteiger partial charge in [-0.1, -0.05) is 41.9 Å². The van der Waals surface area contributed by atoms with E-state index < -0.39 is 33.8 Å². The normalized spacial score (nSPS) is 15.9. The number of rotatable bonds is 7. The Morgan fingerprint density at radius 2 is 1.60 bits per heavy atom. The first kappa shape index (κ1) is 24.6. The Hall–Kier alpha value is -3.53. The Labute approximate surface area is 208 Å². The van der Waals surface area contributed by atoms with Gasteiger partial charge in [0.05, 0.1) is 17.0 Å². The molecule has 2 N–H and O–H groups in total. The molecule has 0 aromatic heterocycles. The summed E-state index contributed by atoms with van der Waals surface area (Å²) in [5.41, 5.74) is 1.52. The molecule has 3 aromatic rings. The zero-order valence-corrected chi connectivity index (χ0v) is 20.1. The molecule has 0 saturated carbocycles. The molecule has 1 heterocycles. The van der Waals surface area contributed by atoms with Gasteiger partial charge in [-0.15, -0.1) is 0 Å². The van der Waals surface area contributed by atoms with Crippen LogP contribution in [0.25, 0.3) is 0 Å². The summed E-state index contributed by atoms with van der Waals surface area (Å²) in [5, 5.41) is 5.61. The molecule has 1 saturated heterocycles. The predicted molar refractivity (Wildman–Crippen MR) is 131 cm³/mol. The van der Waals surface area contributed by atoms with Gasteiger partial charge in [-0.25, -0.2) is 18.5 Å². The third-order valence-electron chi connectivity index (χ3n) is 5.76. The van der Waals surface area contributed by atoms with Crippen LogP contribution in [0.3, 0.4) is 0 Å². The molecule has 1 fully saturated rings. The number of nitrogens with zero attached hydrogens (tertiary/aromatic N) is 2. The number of halogens is 1. The van der Waals surface area contributed by atoms with Crippen LogP contribution in [-0.4, -0.2) is 43.6 Å². The van der Waals surface area contributed by atoms with Crippen LogP contribution in [0.1, 0.15) is 22.3 Å². The first-order chi connectivity index (χ1) is 16.6. The number of nitrogens with two attached hydrogens (primary N) is 1. The van der Waals surface area contributed by atoms with Crippen molar-refractivity contribution in [3.8, 4) is 0 Å². The van der Waals surface area contributed by atoms with E-state index in [4.69, 9.17) is 16.7 Å². The van der Waals surface area contributed by atoms with E-state index in [1.807, 2.05) is 0 Å². The van der Waals surface area contributed by atoms with E-state index in [1.54, 1.807) is 66.7 Å². The summed E-state index contributed by atoms with van der Waals surface area (Å²) < 4.78 is 23.0. The van der Waals surface area contributed by atoms with Gasteiger partial charge < -0.3 is 4.90 Å². The van der Waals surface area contributed by atoms with Crippen molar-refractivity contribution in [1.29, 1.82) is 0 Å². The highest BCUT2D eigenvalue weighted by Gasteiger charge is 2.44. The van der Waals surface area contributed by atoms with Crippen LogP contribution in [0.15, 0.2) is 83.8 Å². The Morgan fingerprint density at radius 3 is 2.20 bits per heavy atom. The average molecular weight is 512 g/mol. The van der Waals surface area contributed by atoms with Gasteiger partial charge in [0, 0.05) is 17.1 Å². The second kappa shape index (κ2) is 9.99. The molecule has 35 heavy (non-hydrogen) atoms. The molecule has 3 aromatic carbocycles. The first-order valence-electron chi connectivity index (χ1n) is 10.8. The van der Waals surface area contributed by atoms with Crippen LogP contribution >= 0.6 is 11.6 Å². The Morgan fingerprint density at radius 1 is 0.971 bits per heavy atom. The molecule has 4 rings (SSSR count). The molecule has 8 nitrogen and oxygen atoms in total. The minimum Gasteiger partial charge on any atom is -0.326 e. The number of amides is 3. The Bertz CT molecular complexity index is 1360. The standard InChI is InChI=1S/C25H22ClN3O5S/c26-19-10-8-18(9-11-19)24(31)28(15-14-17-6-12-21(13-7-17)35(27,33)34)22-16-23(30)29(25(22)32)20-4-2-1-3-5-20/h1-13,22H,14-16H2,(H2,27,33,34)/t22-/m0/s1. The van der Waals surface area contributed by atoms with Crippen molar-refractivity contribution in [2.45, 2.75) is 23.8 Å². The van der Waals surface area contributed by atoms with E-state index in [0.717, 1.165) is 10.5 Å². The Kier molecular flexibility index (Phi) is 7.02. The van der Waals surface area contributed by atoms with Gasteiger partial charge in [0.1, 0.15) is 6.04 Å². The number of anilines is 1. The zero-order valence-electron chi connectivity index (χ0n) is 18.5. The van der Waals surface area contributed by atoms with Crippen molar-refractivity contribution >= 4 is 45.0 Å². The molecular weight excluding hydrogens is 490 g/mol. The molecule has 1 atom stereocenters. The maximum absolute atomic E-state index is 13.5. The second-order valence-electron chi connectivity index (χ2n) is 8.07. The fourth-order valence-electron chi connectivity index (χ4n) is 3.96. The van der Waals surface area contributed by atoms with Crippen molar-refractivity contribution in [3.05, 3.63) is 95.0 Å². The fraction of sp³-hybridized carbons (Fsp3) is 0.160. The third-order valence-corrected chi connectivity index (χ3v) is 6.94. The molecule has 180 valence electrons. The maximum Gasteiger partial charge on any atom is 0.257 e. The number of sulfonamides is 1. The lowest BCUT2D eigenvalue weighted by Crippen LogP contribution is -2.46. The largest absolute Gasteiger partial charge is 0.326 e. The van der Waals surface area contributed by atoms with E-state index in [2.05, 4.69) is 0 Å². The Balaban J connectivity index is 1.61. The van der Waals surface area contributed by atoms with E-state index in [1.165, 1.54) is 17.0 Å². The van der Waals surface area contributed by atoms with E-state index in [0.29, 0.717) is 22.7 Å². The number of carbonyl (C=O) groups is 3. The monoisotopic (exact) mass is 511 g/mol. The highest BCUT2D eigenvalue weighted by atomic mass is 35.5. The van der Waals surface area contributed by atoms with Gasteiger partial charge in [0.15, 0.2) is 0 Å². The molecule has 0 spiro atoms. The molecule has 0 radical (unpaired) electrons. The van der Waals surface area contributed by atoms with Crippen molar-refractivity contribution in [1.82, 2.24) is 4.90 Å². The van der Waals surface area contributed by atoms with E-state index in [-0.39, 0.29) is 17.9 Å². The van der Waals surface area contributed by atoms with Gasteiger partial charge >= 0.3 is 0 Å². The van der Waals surface area contributed by atoms with Gasteiger partial charge in [-0.3, -0.25) is 14.4 Å². The summed E-state index contributed by atoms with van der Waals surface area (Å²) in [6.07, 6.45) is 0.185. The number of para-hydroxylation sites is 1. The average Bonchev–Trinajstić information content (AvgIpc) is 3.13. The van der Waals surface area contributed by atoms with Gasteiger partial charge in [-0.05, 0) is 60.5 Å². The number of primary sulfonamides is 1. The van der Waals surface area contributed by atoms with Crippen LogP contribution in [0.4, 0.5) is 5.69 Å². The quantitative estimate of drug-likeness (QED) is 0.489. The van der Waals surface area contributed by atoms with Crippen LogP contribution in [0.5, 0.6) is 0 Å². The summed E-state index contributed by atoms with van der Waals surface area (Å²) >= 11 is 5.96. The summed E-state index contributed by atoms with van der Waals surface area (Å²) in [5.74, 6) is -1.28. The van der Waals surface area contributed by atoms with Crippen LogP contribution in [-0.2, 0) is 26.0 Å². The summed E-state index contributed by atoms with van der Waals surface area (Å²) in [7, 11) is -3.83. The summed E-state index contributed by atoms with van der Waals surface area (Å²) in [6, 6.07) is 19.8. The smallest absolute Gasteiger partial charge is 0.257 e. The fourth-order valence-corrected chi connectivity index (χ4v) is 4.60. The van der Waals surface area contributed by atoms with Gasteiger partial charge in [-0.2, -0.15) is 0 Å². The zero-order chi connectivity index (χ0) is 25.2. The molecule has 1 aliphatic heterocycles. The molecule has 1 aliphatic rings. The number of benzene rings is 3. The lowest BCUT2D eigenvalue weighted by Gasteiger charge is -2.28. The highest BCUT2D eigenvalue weighted by molar-refractivity contribution is 7.89. The first-order valence-corrected chi connectivity index (χ1v) is 12.7. The minimum atomic E-state index is -3.83. The van der Waals surface area contributed by atoms with Gasteiger partial charge in [0.25, 0.3) is 11.8 Å². The third kappa shape index (κ3) is 5.43. The van der Waals surface area contributed by atoms with Crippen LogP contribution < -0.4 is 10.0 Å². The van der Waals surface area contributed by atoms with E-state index in [9.17, 15) is 22.8 Å². The number of hydrogen-bond donors (Lipinski definition) is 1.